The van der Waals surface area contributed by atoms with Crippen LogP contribution in [0.4, 0.5) is 4.39 Å². The number of hydrogen-bond acceptors (Lipinski definition) is 5. The standard InChI is InChI=1S/C28H32FN3O5/c1-19-6-2-3-10-23(19)27(35)31-13-11-28(12-14-31)32(26(34)20-7-4-8-21(29)16-20)24(18-37-28)25(33)30-17-22-9-5-15-36-22/h2-4,6-8,10,16,22,24H,5,9,11-15,17-18H2,1H3,(H,30,33)/t22-,24+/m1/s1. The van der Waals surface area contributed by atoms with Crippen LogP contribution >= 0.6 is 0 Å². The van der Waals surface area contributed by atoms with Gasteiger partial charge in [-0.3, -0.25) is 19.3 Å². The summed E-state index contributed by atoms with van der Waals surface area (Å²) in [5.74, 6) is -1.39. The topological polar surface area (TPSA) is 88.2 Å². The number of nitrogens with one attached hydrogen (secondary N) is 1. The average Bonchev–Trinajstić information content (AvgIpc) is 3.56. The van der Waals surface area contributed by atoms with Gasteiger partial charge in [0.1, 0.15) is 17.6 Å². The highest BCUT2D eigenvalue weighted by Gasteiger charge is 2.54. The van der Waals surface area contributed by atoms with Crippen molar-refractivity contribution in [1.29, 1.82) is 0 Å². The Kier molecular flexibility index (Phi) is 7.26. The summed E-state index contributed by atoms with van der Waals surface area (Å²) in [5.41, 5.74) is 0.637. The van der Waals surface area contributed by atoms with Crippen LogP contribution in [0, 0.1) is 12.7 Å². The fourth-order valence-electron chi connectivity index (χ4n) is 5.51. The highest BCUT2D eigenvalue weighted by atomic mass is 19.1. The normalized spacial score (nSPS) is 22.9. The molecule has 0 radical (unpaired) electrons. The van der Waals surface area contributed by atoms with Crippen molar-refractivity contribution >= 4 is 17.7 Å². The Bertz CT molecular complexity index is 1170. The van der Waals surface area contributed by atoms with Gasteiger partial charge in [0.2, 0.25) is 5.91 Å². The molecule has 0 aliphatic carbocycles. The third-order valence-corrected chi connectivity index (χ3v) is 7.59. The average molecular weight is 510 g/mol. The van der Waals surface area contributed by atoms with Gasteiger partial charge in [-0.25, -0.2) is 4.39 Å². The summed E-state index contributed by atoms with van der Waals surface area (Å²) in [6, 6.07) is 12.0. The first-order valence-corrected chi connectivity index (χ1v) is 12.9. The minimum atomic E-state index is -1.06. The second-order valence-electron chi connectivity index (χ2n) is 9.95. The first-order chi connectivity index (χ1) is 17.9. The van der Waals surface area contributed by atoms with Crippen LogP contribution in [0.1, 0.15) is 52.0 Å². The third kappa shape index (κ3) is 5.10. The summed E-state index contributed by atoms with van der Waals surface area (Å²) in [5, 5.41) is 2.91. The van der Waals surface area contributed by atoms with Crippen LogP contribution in [0.5, 0.6) is 0 Å². The SMILES string of the molecule is Cc1ccccc1C(=O)N1CCC2(CC1)OC[C@@H](C(=O)NC[C@H]1CCCO1)N2C(=O)c1cccc(F)c1. The van der Waals surface area contributed by atoms with Crippen LogP contribution in [0.2, 0.25) is 0 Å². The molecule has 1 N–H and O–H groups in total. The minimum absolute atomic E-state index is 0.0319. The Morgan fingerprint density at radius 3 is 2.57 bits per heavy atom. The zero-order valence-electron chi connectivity index (χ0n) is 21.0. The largest absolute Gasteiger partial charge is 0.376 e. The zero-order valence-corrected chi connectivity index (χ0v) is 21.0. The molecule has 3 aliphatic rings. The molecule has 0 aromatic heterocycles. The Morgan fingerprint density at radius 1 is 1.08 bits per heavy atom. The number of carbonyl (C=O) groups is 3. The molecule has 2 aromatic rings. The van der Waals surface area contributed by atoms with Crippen molar-refractivity contribution in [3.05, 3.63) is 71.0 Å². The molecule has 37 heavy (non-hydrogen) atoms. The predicted octanol–water partition coefficient (Wildman–Crippen LogP) is 2.90. The third-order valence-electron chi connectivity index (χ3n) is 7.59. The van der Waals surface area contributed by atoms with Gasteiger partial charge in [0.15, 0.2) is 0 Å². The predicted molar refractivity (Wildman–Crippen MR) is 133 cm³/mol. The van der Waals surface area contributed by atoms with Crippen LogP contribution in [0.3, 0.4) is 0 Å². The van der Waals surface area contributed by atoms with Crippen LogP contribution in [-0.4, -0.2) is 78.2 Å². The van der Waals surface area contributed by atoms with Gasteiger partial charge in [-0.15, -0.1) is 0 Å². The lowest BCUT2D eigenvalue weighted by atomic mass is 9.95. The molecule has 2 aromatic carbocycles. The number of halogens is 1. The lowest BCUT2D eigenvalue weighted by molar-refractivity contribution is -0.128. The molecule has 0 saturated carbocycles. The summed E-state index contributed by atoms with van der Waals surface area (Å²) < 4.78 is 25.8. The van der Waals surface area contributed by atoms with E-state index in [0.29, 0.717) is 44.6 Å². The van der Waals surface area contributed by atoms with E-state index in [1.165, 1.54) is 29.2 Å². The van der Waals surface area contributed by atoms with Gasteiger partial charge in [-0.2, -0.15) is 0 Å². The smallest absolute Gasteiger partial charge is 0.256 e. The van der Waals surface area contributed by atoms with Crippen LogP contribution in [0.15, 0.2) is 48.5 Å². The minimum Gasteiger partial charge on any atom is -0.376 e. The van der Waals surface area contributed by atoms with Crippen LogP contribution in [0.25, 0.3) is 0 Å². The first-order valence-electron chi connectivity index (χ1n) is 12.9. The molecule has 0 unspecified atom stereocenters. The molecule has 8 nitrogen and oxygen atoms in total. The molecule has 3 saturated heterocycles. The quantitative estimate of drug-likeness (QED) is 0.670. The molecular formula is C28H32FN3O5. The monoisotopic (exact) mass is 509 g/mol. The van der Waals surface area contributed by atoms with E-state index < -0.39 is 23.5 Å². The summed E-state index contributed by atoms with van der Waals surface area (Å²) in [4.78, 5) is 43.4. The number of carbonyl (C=O) groups excluding carboxylic acids is 3. The van der Waals surface area contributed by atoms with Gasteiger partial charge >= 0.3 is 0 Å². The van der Waals surface area contributed by atoms with Gasteiger partial charge in [0.25, 0.3) is 11.8 Å². The summed E-state index contributed by atoms with van der Waals surface area (Å²) in [6.07, 6.45) is 2.49. The number of hydrogen-bond donors (Lipinski definition) is 1. The van der Waals surface area contributed by atoms with Gasteiger partial charge in [-0.05, 0) is 49.6 Å². The molecule has 5 rings (SSSR count). The van der Waals surface area contributed by atoms with Gasteiger partial charge in [0, 0.05) is 50.2 Å². The molecule has 3 amide bonds. The Hall–Kier alpha value is -3.30. The van der Waals surface area contributed by atoms with Crippen molar-refractivity contribution in [1.82, 2.24) is 15.1 Å². The number of nitrogens with zero attached hydrogens (tertiary/aromatic N) is 2. The van der Waals surface area contributed by atoms with Gasteiger partial charge in [-0.1, -0.05) is 24.3 Å². The zero-order chi connectivity index (χ0) is 26.0. The Morgan fingerprint density at radius 2 is 1.86 bits per heavy atom. The molecule has 3 fully saturated rings. The molecule has 3 aliphatic heterocycles. The van der Waals surface area contributed by atoms with Crippen molar-refractivity contribution in [2.45, 2.75) is 50.5 Å². The van der Waals surface area contributed by atoms with E-state index in [9.17, 15) is 18.8 Å². The summed E-state index contributed by atoms with van der Waals surface area (Å²) in [6.45, 7) is 3.71. The highest BCUT2D eigenvalue weighted by Crippen LogP contribution is 2.39. The van der Waals surface area contributed by atoms with E-state index >= 15 is 0 Å². The van der Waals surface area contributed by atoms with Crippen LogP contribution in [-0.2, 0) is 14.3 Å². The maximum Gasteiger partial charge on any atom is 0.256 e. The maximum absolute atomic E-state index is 14.0. The second kappa shape index (κ2) is 10.6. The van der Waals surface area contributed by atoms with Crippen molar-refractivity contribution in [3.8, 4) is 0 Å². The highest BCUT2D eigenvalue weighted by molar-refractivity contribution is 5.99. The lowest BCUT2D eigenvalue weighted by Gasteiger charge is -2.44. The molecule has 196 valence electrons. The number of likely N-dealkylation sites (tertiary alicyclic amines) is 1. The number of rotatable bonds is 5. The van der Waals surface area contributed by atoms with E-state index in [4.69, 9.17) is 9.47 Å². The first kappa shape index (κ1) is 25.4. The lowest BCUT2D eigenvalue weighted by Crippen LogP contribution is -2.60. The Balaban J connectivity index is 1.36. The van der Waals surface area contributed by atoms with E-state index in [2.05, 4.69) is 5.32 Å². The number of benzene rings is 2. The van der Waals surface area contributed by atoms with E-state index in [1.54, 1.807) is 4.90 Å². The second-order valence-corrected chi connectivity index (χ2v) is 9.95. The van der Waals surface area contributed by atoms with Gasteiger partial charge < -0.3 is 19.7 Å². The fraction of sp³-hybridized carbons (Fsp3) is 0.464. The van der Waals surface area contributed by atoms with Crippen molar-refractivity contribution in [2.75, 3.05) is 32.8 Å². The van der Waals surface area contributed by atoms with Crippen molar-refractivity contribution < 1.29 is 28.2 Å². The molecule has 2 atom stereocenters. The Labute approximate surface area is 215 Å². The summed E-state index contributed by atoms with van der Waals surface area (Å²) >= 11 is 0. The van der Waals surface area contributed by atoms with Gasteiger partial charge in [0.05, 0.1) is 12.7 Å². The maximum atomic E-state index is 14.0. The van der Waals surface area contributed by atoms with E-state index in [1.807, 2.05) is 31.2 Å². The van der Waals surface area contributed by atoms with Crippen LogP contribution < -0.4 is 5.32 Å². The molecule has 9 heteroatoms. The molecule has 0 bridgehead atoms. The number of aryl methyl sites for hydroxylation is 1. The van der Waals surface area contributed by atoms with Crippen molar-refractivity contribution in [2.24, 2.45) is 0 Å². The van der Waals surface area contributed by atoms with E-state index in [-0.39, 0.29) is 30.1 Å². The molecular weight excluding hydrogens is 477 g/mol. The molecule has 1 spiro atoms. The number of piperidine rings is 1. The summed E-state index contributed by atoms with van der Waals surface area (Å²) in [7, 11) is 0. The fourth-order valence-corrected chi connectivity index (χ4v) is 5.51. The molecule has 3 heterocycles. The van der Waals surface area contributed by atoms with Crippen molar-refractivity contribution in [3.63, 3.8) is 0 Å². The number of amides is 3. The van der Waals surface area contributed by atoms with E-state index in [0.717, 1.165) is 18.4 Å². The number of ether oxygens (including phenoxy) is 2.